The molecule has 1 atom stereocenters. The van der Waals surface area contributed by atoms with Crippen molar-refractivity contribution in [2.24, 2.45) is 0 Å². The monoisotopic (exact) mass is 375 g/mol. The number of aryl methyl sites for hydroxylation is 1. The lowest BCUT2D eigenvalue weighted by Gasteiger charge is -2.42. The average Bonchev–Trinajstić information content (AvgIpc) is 2.75. The lowest BCUT2D eigenvalue weighted by atomic mass is 10.0. The zero-order valence-electron chi connectivity index (χ0n) is 16.4. The van der Waals surface area contributed by atoms with Gasteiger partial charge in [0.05, 0.1) is 5.52 Å². The molecule has 146 valence electrons. The van der Waals surface area contributed by atoms with E-state index in [4.69, 9.17) is 0 Å². The van der Waals surface area contributed by atoms with Crippen LogP contribution in [0.4, 0.5) is 5.69 Å². The normalized spacial score (nSPS) is 17.9. The van der Waals surface area contributed by atoms with Crippen LogP contribution in [-0.4, -0.2) is 53.8 Å². The number of fused-ring (bicyclic) bond motifs is 1. The van der Waals surface area contributed by atoms with Crippen LogP contribution in [0.15, 0.2) is 66.9 Å². The maximum absolute atomic E-state index is 9.61. The topological polar surface area (TPSA) is 39.6 Å². The molecule has 4 heteroatoms. The van der Waals surface area contributed by atoms with Crippen LogP contribution in [0.25, 0.3) is 10.9 Å². The Morgan fingerprint density at radius 2 is 1.79 bits per heavy atom. The molecule has 4 rings (SSSR count). The van der Waals surface area contributed by atoms with Gasteiger partial charge in [-0.15, -0.1) is 0 Å². The molecule has 3 aromatic rings. The van der Waals surface area contributed by atoms with E-state index in [1.54, 1.807) is 0 Å². The molecular weight excluding hydrogens is 346 g/mol. The van der Waals surface area contributed by atoms with Crippen molar-refractivity contribution in [3.05, 3.63) is 72.4 Å². The number of piperazine rings is 1. The van der Waals surface area contributed by atoms with E-state index in [2.05, 4.69) is 69.4 Å². The first kappa shape index (κ1) is 18.9. The first-order chi connectivity index (χ1) is 13.8. The number of anilines is 1. The highest BCUT2D eigenvalue weighted by Gasteiger charge is 2.27. The van der Waals surface area contributed by atoms with Crippen LogP contribution >= 0.6 is 0 Å². The van der Waals surface area contributed by atoms with E-state index in [-0.39, 0.29) is 6.61 Å². The number of aromatic nitrogens is 1. The van der Waals surface area contributed by atoms with Crippen LogP contribution in [0.5, 0.6) is 0 Å². The molecular formula is C24H29N3O. The predicted molar refractivity (Wildman–Crippen MR) is 116 cm³/mol. The number of hydrogen-bond donors (Lipinski definition) is 1. The van der Waals surface area contributed by atoms with Gasteiger partial charge in [-0.3, -0.25) is 9.88 Å². The Kier molecular flexibility index (Phi) is 6.20. The fourth-order valence-electron chi connectivity index (χ4n) is 4.32. The lowest BCUT2D eigenvalue weighted by Crippen LogP contribution is -2.53. The molecule has 1 saturated heterocycles. The minimum Gasteiger partial charge on any atom is -0.396 e. The second-order valence-electron chi connectivity index (χ2n) is 7.58. The van der Waals surface area contributed by atoms with Crippen molar-refractivity contribution in [1.82, 2.24) is 9.88 Å². The fourth-order valence-corrected chi connectivity index (χ4v) is 4.32. The van der Waals surface area contributed by atoms with Crippen LogP contribution in [0.1, 0.15) is 18.4 Å². The first-order valence-electron chi connectivity index (χ1n) is 10.3. The van der Waals surface area contributed by atoms with Gasteiger partial charge in [0, 0.05) is 49.6 Å². The lowest BCUT2D eigenvalue weighted by molar-refractivity contribution is 0.141. The second kappa shape index (κ2) is 9.18. The van der Waals surface area contributed by atoms with E-state index in [0.29, 0.717) is 6.04 Å². The summed E-state index contributed by atoms with van der Waals surface area (Å²) in [5.41, 5.74) is 3.71. The van der Waals surface area contributed by atoms with E-state index in [0.717, 1.165) is 51.0 Å². The predicted octanol–water partition coefficient (Wildman–Crippen LogP) is 3.74. The zero-order chi connectivity index (χ0) is 19.2. The van der Waals surface area contributed by atoms with Crippen LogP contribution < -0.4 is 4.90 Å². The van der Waals surface area contributed by atoms with Crippen molar-refractivity contribution in [3.63, 3.8) is 0 Å². The summed E-state index contributed by atoms with van der Waals surface area (Å²) in [6.07, 6.45) is 5.00. The van der Waals surface area contributed by atoms with Gasteiger partial charge in [0.2, 0.25) is 0 Å². The van der Waals surface area contributed by atoms with Crippen molar-refractivity contribution < 1.29 is 5.11 Å². The maximum atomic E-state index is 9.61. The molecule has 0 bridgehead atoms. The highest BCUT2D eigenvalue weighted by atomic mass is 16.3. The van der Waals surface area contributed by atoms with Gasteiger partial charge < -0.3 is 10.0 Å². The molecule has 1 fully saturated rings. The Morgan fingerprint density at radius 1 is 0.964 bits per heavy atom. The Morgan fingerprint density at radius 3 is 2.64 bits per heavy atom. The molecule has 0 saturated carbocycles. The molecule has 28 heavy (non-hydrogen) atoms. The number of pyridine rings is 1. The second-order valence-corrected chi connectivity index (χ2v) is 7.58. The molecule has 1 aliphatic heterocycles. The van der Waals surface area contributed by atoms with Crippen LogP contribution in [0.2, 0.25) is 0 Å². The van der Waals surface area contributed by atoms with E-state index < -0.39 is 0 Å². The summed E-state index contributed by atoms with van der Waals surface area (Å²) in [5, 5.41) is 10.8. The number of para-hydroxylation sites is 1. The average molecular weight is 376 g/mol. The minimum absolute atomic E-state index is 0.241. The third-order valence-corrected chi connectivity index (χ3v) is 5.79. The Labute approximate surface area is 167 Å². The van der Waals surface area contributed by atoms with Crippen LogP contribution in [0.3, 0.4) is 0 Å². The summed E-state index contributed by atoms with van der Waals surface area (Å²) in [6.45, 7) is 4.34. The van der Waals surface area contributed by atoms with Gasteiger partial charge in [0.25, 0.3) is 0 Å². The van der Waals surface area contributed by atoms with Gasteiger partial charge in [-0.05, 0) is 43.5 Å². The summed E-state index contributed by atoms with van der Waals surface area (Å²) in [5.74, 6) is 0. The summed E-state index contributed by atoms with van der Waals surface area (Å²) >= 11 is 0. The Balaban J connectivity index is 1.42. The standard InChI is InChI=1S/C24H29N3O/c28-18-13-21-19-27(24-12-14-25-23-11-5-4-10-22(23)24)17-16-26(21)15-6-9-20-7-2-1-3-8-20/h1-5,7-8,10-12,14,21,28H,6,9,13,15-19H2/t21-/m0/s1. The third-order valence-electron chi connectivity index (χ3n) is 5.79. The molecule has 0 aliphatic carbocycles. The van der Waals surface area contributed by atoms with Gasteiger partial charge >= 0.3 is 0 Å². The third kappa shape index (κ3) is 4.34. The van der Waals surface area contributed by atoms with E-state index in [9.17, 15) is 5.11 Å². The van der Waals surface area contributed by atoms with Crippen molar-refractivity contribution in [2.45, 2.75) is 25.3 Å². The molecule has 1 aromatic heterocycles. The number of nitrogens with zero attached hydrogens (tertiary/aromatic N) is 3. The van der Waals surface area contributed by atoms with Gasteiger partial charge in [-0.25, -0.2) is 0 Å². The van der Waals surface area contributed by atoms with Crippen molar-refractivity contribution in [3.8, 4) is 0 Å². The Bertz CT molecular complexity index is 878. The molecule has 0 spiro atoms. The van der Waals surface area contributed by atoms with Crippen LogP contribution in [-0.2, 0) is 6.42 Å². The molecule has 0 radical (unpaired) electrons. The Hall–Kier alpha value is -2.43. The van der Waals surface area contributed by atoms with Gasteiger partial charge in [0.1, 0.15) is 0 Å². The molecule has 1 N–H and O–H groups in total. The number of rotatable bonds is 7. The zero-order valence-corrected chi connectivity index (χ0v) is 16.4. The molecule has 1 aliphatic rings. The number of aliphatic hydroxyl groups excluding tert-OH is 1. The minimum atomic E-state index is 0.241. The van der Waals surface area contributed by atoms with E-state index in [1.807, 2.05) is 12.3 Å². The fraction of sp³-hybridized carbons (Fsp3) is 0.375. The van der Waals surface area contributed by atoms with Gasteiger partial charge in [-0.1, -0.05) is 48.5 Å². The number of hydrogen-bond acceptors (Lipinski definition) is 4. The molecule has 2 aromatic carbocycles. The van der Waals surface area contributed by atoms with E-state index in [1.165, 1.54) is 16.6 Å². The molecule has 4 nitrogen and oxygen atoms in total. The molecule has 2 heterocycles. The van der Waals surface area contributed by atoms with E-state index >= 15 is 0 Å². The number of benzene rings is 2. The quantitative estimate of drug-likeness (QED) is 0.683. The van der Waals surface area contributed by atoms with Crippen LogP contribution in [0, 0.1) is 0 Å². The van der Waals surface area contributed by atoms with Gasteiger partial charge in [0.15, 0.2) is 0 Å². The van der Waals surface area contributed by atoms with Gasteiger partial charge in [-0.2, -0.15) is 0 Å². The summed E-state index contributed by atoms with van der Waals surface area (Å²) in [4.78, 5) is 9.54. The first-order valence-corrected chi connectivity index (χ1v) is 10.3. The number of aliphatic hydroxyl groups is 1. The summed E-state index contributed by atoms with van der Waals surface area (Å²) < 4.78 is 0. The SMILES string of the molecule is OCC[C@H]1CN(c2ccnc3ccccc23)CCN1CCCc1ccccc1. The molecule has 0 unspecified atom stereocenters. The highest BCUT2D eigenvalue weighted by Crippen LogP contribution is 2.28. The van der Waals surface area contributed by atoms with Crippen molar-refractivity contribution in [2.75, 3.05) is 37.7 Å². The molecule has 0 amide bonds. The van der Waals surface area contributed by atoms with Crippen molar-refractivity contribution in [1.29, 1.82) is 0 Å². The maximum Gasteiger partial charge on any atom is 0.0722 e. The highest BCUT2D eigenvalue weighted by molar-refractivity contribution is 5.91. The summed E-state index contributed by atoms with van der Waals surface area (Å²) in [6, 6.07) is 21.6. The summed E-state index contributed by atoms with van der Waals surface area (Å²) in [7, 11) is 0. The largest absolute Gasteiger partial charge is 0.396 e. The smallest absolute Gasteiger partial charge is 0.0722 e. The van der Waals surface area contributed by atoms with Crippen molar-refractivity contribution >= 4 is 16.6 Å².